The molecule has 0 aliphatic carbocycles. The van der Waals surface area contributed by atoms with Crippen molar-refractivity contribution in [2.45, 2.75) is 19.9 Å². The number of hydrogen-bond acceptors (Lipinski definition) is 5. The van der Waals surface area contributed by atoms with Gasteiger partial charge >= 0.3 is 0 Å². The first-order valence-electron chi connectivity index (χ1n) is 5.76. The largest absolute Gasteiger partial charge is 0.480 e. The number of aromatic nitrogens is 2. The highest BCUT2D eigenvalue weighted by molar-refractivity contribution is 5.35. The zero-order valence-corrected chi connectivity index (χ0v) is 11.0. The van der Waals surface area contributed by atoms with E-state index in [4.69, 9.17) is 9.15 Å². The summed E-state index contributed by atoms with van der Waals surface area (Å²) in [5, 5.41) is 3.22. The summed E-state index contributed by atoms with van der Waals surface area (Å²) in [6.45, 7) is 3.87. The van der Waals surface area contributed by atoms with Crippen molar-refractivity contribution in [3.8, 4) is 5.88 Å². The molecule has 0 amide bonds. The Labute approximate surface area is 106 Å². The SMILES string of the molecule is CNC(c1cc(C)oc1C)c1nccnc1OC. The Kier molecular flexibility index (Phi) is 3.62. The van der Waals surface area contributed by atoms with E-state index in [-0.39, 0.29) is 6.04 Å². The minimum Gasteiger partial charge on any atom is -0.480 e. The fourth-order valence-electron chi connectivity index (χ4n) is 2.07. The van der Waals surface area contributed by atoms with Crippen molar-refractivity contribution in [2.75, 3.05) is 14.2 Å². The number of nitrogens with zero attached hydrogens (tertiary/aromatic N) is 2. The Morgan fingerprint density at radius 2 is 2.00 bits per heavy atom. The lowest BCUT2D eigenvalue weighted by atomic mass is 10.0. The van der Waals surface area contributed by atoms with Crippen LogP contribution in [0.15, 0.2) is 22.9 Å². The molecule has 0 radical (unpaired) electrons. The van der Waals surface area contributed by atoms with E-state index in [0.29, 0.717) is 5.88 Å². The number of nitrogens with one attached hydrogen (secondary N) is 1. The summed E-state index contributed by atoms with van der Waals surface area (Å²) in [7, 11) is 3.47. The normalized spacial score (nSPS) is 12.4. The summed E-state index contributed by atoms with van der Waals surface area (Å²) in [5.74, 6) is 2.28. The minimum absolute atomic E-state index is 0.0916. The molecule has 5 nitrogen and oxygen atoms in total. The van der Waals surface area contributed by atoms with E-state index in [1.165, 1.54) is 0 Å². The van der Waals surface area contributed by atoms with E-state index < -0.39 is 0 Å². The van der Waals surface area contributed by atoms with E-state index in [2.05, 4.69) is 15.3 Å². The van der Waals surface area contributed by atoms with Crippen molar-refractivity contribution in [3.63, 3.8) is 0 Å². The molecule has 1 atom stereocenters. The number of furan rings is 1. The van der Waals surface area contributed by atoms with Crippen molar-refractivity contribution < 1.29 is 9.15 Å². The molecule has 1 unspecified atom stereocenters. The summed E-state index contributed by atoms with van der Waals surface area (Å²) in [6.07, 6.45) is 3.27. The van der Waals surface area contributed by atoms with Crippen LogP contribution >= 0.6 is 0 Å². The molecule has 18 heavy (non-hydrogen) atoms. The molecule has 96 valence electrons. The summed E-state index contributed by atoms with van der Waals surface area (Å²) < 4.78 is 10.8. The number of rotatable bonds is 4. The van der Waals surface area contributed by atoms with Crippen molar-refractivity contribution >= 4 is 0 Å². The minimum atomic E-state index is -0.0916. The Balaban J connectivity index is 2.48. The fourth-order valence-corrected chi connectivity index (χ4v) is 2.07. The van der Waals surface area contributed by atoms with Gasteiger partial charge in [0.1, 0.15) is 17.2 Å². The molecule has 0 saturated heterocycles. The average Bonchev–Trinajstić information content (AvgIpc) is 2.70. The lowest BCUT2D eigenvalue weighted by Crippen LogP contribution is -2.20. The second kappa shape index (κ2) is 5.18. The van der Waals surface area contributed by atoms with Crippen LogP contribution in [0, 0.1) is 13.8 Å². The standard InChI is InChI=1S/C13H17N3O2/c1-8-7-10(9(2)18-8)11(14-3)12-13(17-4)16-6-5-15-12/h5-7,11,14H,1-4H3. The first kappa shape index (κ1) is 12.6. The van der Waals surface area contributed by atoms with Gasteiger partial charge in [-0.15, -0.1) is 0 Å². The molecule has 0 fully saturated rings. The number of aryl methyl sites for hydroxylation is 2. The van der Waals surface area contributed by atoms with Gasteiger partial charge in [-0.05, 0) is 27.0 Å². The molecular weight excluding hydrogens is 230 g/mol. The molecule has 0 aromatic carbocycles. The average molecular weight is 247 g/mol. The van der Waals surface area contributed by atoms with Gasteiger partial charge in [0, 0.05) is 18.0 Å². The van der Waals surface area contributed by atoms with Gasteiger partial charge in [0.2, 0.25) is 5.88 Å². The van der Waals surface area contributed by atoms with Crippen LogP contribution in [-0.4, -0.2) is 24.1 Å². The Morgan fingerprint density at radius 3 is 2.56 bits per heavy atom. The lowest BCUT2D eigenvalue weighted by molar-refractivity contribution is 0.383. The van der Waals surface area contributed by atoms with E-state index in [1.54, 1.807) is 19.5 Å². The van der Waals surface area contributed by atoms with Gasteiger partial charge in [0.25, 0.3) is 0 Å². The molecule has 2 aromatic heterocycles. The molecule has 2 heterocycles. The summed E-state index contributed by atoms with van der Waals surface area (Å²) in [4.78, 5) is 8.53. The highest BCUT2D eigenvalue weighted by atomic mass is 16.5. The third kappa shape index (κ3) is 2.22. The van der Waals surface area contributed by atoms with Gasteiger partial charge in [-0.25, -0.2) is 4.98 Å². The van der Waals surface area contributed by atoms with Gasteiger partial charge in [0.15, 0.2) is 0 Å². The molecule has 0 spiro atoms. The molecular formula is C13H17N3O2. The van der Waals surface area contributed by atoms with E-state index >= 15 is 0 Å². The zero-order valence-electron chi connectivity index (χ0n) is 11.0. The molecule has 5 heteroatoms. The molecule has 1 N–H and O–H groups in total. The summed E-state index contributed by atoms with van der Waals surface area (Å²) >= 11 is 0. The van der Waals surface area contributed by atoms with Crippen LogP contribution in [0.4, 0.5) is 0 Å². The van der Waals surface area contributed by atoms with Crippen molar-refractivity contribution in [1.29, 1.82) is 0 Å². The summed E-state index contributed by atoms with van der Waals surface area (Å²) in [6, 6.07) is 1.91. The Bertz CT molecular complexity index is 537. The lowest BCUT2D eigenvalue weighted by Gasteiger charge is -2.16. The number of methoxy groups -OCH3 is 1. The van der Waals surface area contributed by atoms with Crippen LogP contribution in [-0.2, 0) is 0 Å². The summed E-state index contributed by atoms with van der Waals surface area (Å²) in [5.41, 5.74) is 1.81. The van der Waals surface area contributed by atoms with Gasteiger partial charge in [-0.3, -0.25) is 4.98 Å². The highest BCUT2D eigenvalue weighted by Gasteiger charge is 2.22. The first-order chi connectivity index (χ1) is 8.67. The second-order valence-electron chi connectivity index (χ2n) is 4.04. The van der Waals surface area contributed by atoms with E-state index in [0.717, 1.165) is 22.8 Å². The van der Waals surface area contributed by atoms with Crippen LogP contribution in [0.2, 0.25) is 0 Å². The monoisotopic (exact) mass is 247 g/mol. The third-order valence-electron chi connectivity index (χ3n) is 2.84. The molecule has 0 bridgehead atoms. The van der Waals surface area contributed by atoms with Crippen LogP contribution in [0.3, 0.4) is 0 Å². The van der Waals surface area contributed by atoms with Crippen molar-refractivity contribution in [3.05, 3.63) is 41.2 Å². The van der Waals surface area contributed by atoms with Crippen LogP contribution in [0.1, 0.15) is 28.8 Å². The van der Waals surface area contributed by atoms with E-state index in [1.807, 2.05) is 27.0 Å². The van der Waals surface area contributed by atoms with Crippen LogP contribution in [0.25, 0.3) is 0 Å². The predicted molar refractivity (Wildman–Crippen MR) is 67.7 cm³/mol. The number of hydrogen-bond donors (Lipinski definition) is 1. The third-order valence-corrected chi connectivity index (χ3v) is 2.84. The molecule has 0 aliphatic rings. The maximum atomic E-state index is 5.56. The predicted octanol–water partition coefficient (Wildman–Crippen LogP) is 2.00. The smallest absolute Gasteiger partial charge is 0.237 e. The second-order valence-corrected chi connectivity index (χ2v) is 4.04. The van der Waals surface area contributed by atoms with Crippen molar-refractivity contribution in [1.82, 2.24) is 15.3 Å². The first-order valence-corrected chi connectivity index (χ1v) is 5.76. The van der Waals surface area contributed by atoms with E-state index in [9.17, 15) is 0 Å². The van der Waals surface area contributed by atoms with Crippen molar-refractivity contribution in [2.24, 2.45) is 0 Å². The molecule has 0 saturated carbocycles. The molecule has 0 aliphatic heterocycles. The van der Waals surface area contributed by atoms with Gasteiger partial charge in [0.05, 0.1) is 13.2 Å². The Morgan fingerprint density at radius 1 is 1.28 bits per heavy atom. The fraction of sp³-hybridized carbons (Fsp3) is 0.385. The molecule has 2 rings (SSSR count). The van der Waals surface area contributed by atoms with Crippen LogP contribution in [0.5, 0.6) is 5.88 Å². The quantitative estimate of drug-likeness (QED) is 0.895. The number of ether oxygens (including phenoxy) is 1. The maximum Gasteiger partial charge on any atom is 0.237 e. The van der Waals surface area contributed by atoms with Crippen LogP contribution < -0.4 is 10.1 Å². The van der Waals surface area contributed by atoms with Gasteiger partial charge in [-0.2, -0.15) is 0 Å². The topological polar surface area (TPSA) is 60.2 Å². The van der Waals surface area contributed by atoms with Gasteiger partial charge in [-0.1, -0.05) is 0 Å². The molecule has 2 aromatic rings. The van der Waals surface area contributed by atoms with Gasteiger partial charge < -0.3 is 14.5 Å². The Hall–Kier alpha value is -1.88. The zero-order chi connectivity index (χ0) is 13.1. The highest BCUT2D eigenvalue weighted by Crippen LogP contribution is 2.29. The maximum absolute atomic E-state index is 5.56.